The van der Waals surface area contributed by atoms with Crippen LogP contribution < -0.4 is 0 Å². The van der Waals surface area contributed by atoms with Gasteiger partial charge in [0.1, 0.15) is 0 Å². The summed E-state index contributed by atoms with van der Waals surface area (Å²) in [6, 6.07) is 0. The van der Waals surface area contributed by atoms with Crippen LogP contribution in [0.2, 0.25) is 0 Å². The molecule has 0 aromatic carbocycles. The number of hydrogen-bond acceptors (Lipinski definition) is 7. The topological polar surface area (TPSA) is 113 Å². The van der Waals surface area contributed by atoms with Crippen molar-refractivity contribution in [3.63, 3.8) is 0 Å². The molecule has 1 unspecified atom stereocenters. The molecular formula is C10H18N2O6S. The smallest absolute Gasteiger partial charge is 0.305 e. The summed E-state index contributed by atoms with van der Waals surface area (Å²) < 4.78 is 4.49. The van der Waals surface area contributed by atoms with E-state index in [0.29, 0.717) is 25.7 Å². The van der Waals surface area contributed by atoms with Gasteiger partial charge in [0.05, 0.1) is 18.1 Å². The molecule has 110 valence electrons. The Morgan fingerprint density at radius 1 is 1.26 bits per heavy atom. The zero-order chi connectivity index (χ0) is 14.7. The molecular weight excluding hydrogens is 276 g/mol. The number of carbonyl (C=O) groups is 1. The zero-order valence-electron chi connectivity index (χ0n) is 10.8. The first-order valence-corrected chi connectivity index (χ1v) is 6.92. The van der Waals surface area contributed by atoms with Crippen molar-refractivity contribution in [2.24, 2.45) is 0 Å². The average Bonchev–Trinajstić information content (AvgIpc) is 2.32. The van der Waals surface area contributed by atoms with Crippen LogP contribution in [0.5, 0.6) is 0 Å². The molecule has 0 saturated carbocycles. The third-order valence-electron chi connectivity index (χ3n) is 2.36. The van der Waals surface area contributed by atoms with E-state index in [4.69, 9.17) is 0 Å². The first kappa shape index (κ1) is 17.6. The fourth-order valence-corrected chi connectivity index (χ4v) is 2.58. The highest BCUT2D eigenvalue weighted by Gasteiger charge is 2.17. The van der Waals surface area contributed by atoms with Crippen molar-refractivity contribution in [1.29, 1.82) is 0 Å². The molecule has 0 bridgehead atoms. The number of thioether (sulfide) groups is 1. The number of esters is 1. The summed E-state index contributed by atoms with van der Waals surface area (Å²) in [6.07, 6.45) is 2.14. The zero-order valence-corrected chi connectivity index (χ0v) is 11.6. The maximum atomic E-state index is 10.9. The van der Waals surface area contributed by atoms with Gasteiger partial charge < -0.3 is 4.74 Å². The molecule has 0 radical (unpaired) electrons. The van der Waals surface area contributed by atoms with Crippen LogP contribution in [0.25, 0.3) is 0 Å². The first-order chi connectivity index (χ1) is 8.95. The van der Waals surface area contributed by atoms with E-state index in [-0.39, 0.29) is 30.1 Å². The highest BCUT2D eigenvalue weighted by molar-refractivity contribution is 7.99. The van der Waals surface area contributed by atoms with Crippen molar-refractivity contribution in [3.05, 3.63) is 20.2 Å². The van der Waals surface area contributed by atoms with Gasteiger partial charge in [-0.1, -0.05) is 6.42 Å². The standard InChI is InChI=1S/C10H18N2O6S/c1-18-10(13)5-3-2-4-9(8-12(16)17)19-7-6-11(14)15/h9H,2-8H2,1H3. The van der Waals surface area contributed by atoms with Gasteiger partial charge >= 0.3 is 5.97 Å². The predicted molar refractivity (Wildman–Crippen MR) is 70.5 cm³/mol. The number of ether oxygens (including phenoxy) is 1. The van der Waals surface area contributed by atoms with Gasteiger partial charge in [0, 0.05) is 16.3 Å². The van der Waals surface area contributed by atoms with Gasteiger partial charge in [-0.2, -0.15) is 0 Å². The number of nitro groups is 2. The molecule has 0 amide bonds. The number of unbranched alkanes of at least 4 members (excludes halogenated alkanes) is 1. The number of carbonyl (C=O) groups excluding carboxylic acids is 1. The van der Waals surface area contributed by atoms with Crippen LogP contribution >= 0.6 is 11.8 Å². The molecule has 0 fully saturated rings. The van der Waals surface area contributed by atoms with Crippen molar-refractivity contribution in [2.75, 3.05) is 26.0 Å². The van der Waals surface area contributed by atoms with Gasteiger partial charge in [-0.15, -0.1) is 11.8 Å². The molecule has 1 atom stereocenters. The maximum Gasteiger partial charge on any atom is 0.305 e. The van der Waals surface area contributed by atoms with Gasteiger partial charge in [0.2, 0.25) is 13.1 Å². The lowest BCUT2D eigenvalue weighted by Gasteiger charge is -2.10. The van der Waals surface area contributed by atoms with Crippen molar-refractivity contribution in [1.82, 2.24) is 0 Å². The Labute approximate surface area is 115 Å². The molecule has 0 heterocycles. The van der Waals surface area contributed by atoms with Crippen molar-refractivity contribution < 1.29 is 19.4 Å². The minimum Gasteiger partial charge on any atom is -0.469 e. The summed E-state index contributed by atoms with van der Waals surface area (Å²) in [6.45, 7) is -0.401. The van der Waals surface area contributed by atoms with Crippen LogP contribution in [0, 0.1) is 20.2 Å². The lowest BCUT2D eigenvalue weighted by atomic mass is 10.1. The molecule has 9 heteroatoms. The number of methoxy groups -OCH3 is 1. The predicted octanol–water partition coefficient (Wildman–Crippen LogP) is 1.37. The van der Waals surface area contributed by atoms with E-state index in [1.165, 1.54) is 18.9 Å². The van der Waals surface area contributed by atoms with E-state index in [1.54, 1.807) is 0 Å². The van der Waals surface area contributed by atoms with E-state index in [1.807, 2.05) is 0 Å². The number of hydrogen-bond donors (Lipinski definition) is 0. The number of rotatable bonds is 11. The van der Waals surface area contributed by atoms with E-state index >= 15 is 0 Å². The highest BCUT2D eigenvalue weighted by Crippen LogP contribution is 2.18. The minimum atomic E-state index is -0.437. The van der Waals surface area contributed by atoms with Gasteiger partial charge in [-0.3, -0.25) is 25.0 Å². The molecule has 0 aromatic heterocycles. The molecule has 0 spiro atoms. The molecule has 0 N–H and O–H groups in total. The lowest BCUT2D eigenvalue weighted by Crippen LogP contribution is -2.18. The first-order valence-electron chi connectivity index (χ1n) is 5.87. The molecule has 19 heavy (non-hydrogen) atoms. The molecule has 0 aromatic rings. The van der Waals surface area contributed by atoms with Crippen LogP contribution in [0.15, 0.2) is 0 Å². The Morgan fingerprint density at radius 2 is 1.95 bits per heavy atom. The third kappa shape index (κ3) is 11.4. The Kier molecular flexibility index (Phi) is 9.77. The van der Waals surface area contributed by atoms with Crippen LogP contribution in [0.4, 0.5) is 0 Å². The third-order valence-corrected chi connectivity index (χ3v) is 3.64. The summed E-state index contributed by atoms with van der Waals surface area (Å²) in [5.41, 5.74) is 0. The highest BCUT2D eigenvalue weighted by atomic mass is 32.2. The van der Waals surface area contributed by atoms with Gasteiger partial charge in [0.15, 0.2) is 0 Å². The Hall–Kier alpha value is -1.38. The lowest BCUT2D eigenvalue weighted by molar-refractivity contribution is -0.479. The summed E-state index contributed by atoms with van der Waals surface area (Å²) in [5, 5.41) is 20.4. The van der Waals surface area contributed by atoms with Gasteiger partial charge in [0.25, 0.3) is 0 Å². The van der Waals surface area contributed by atoms with Crippen LogP contribution in [-0.2, 0) is 9.53 Å². The number of nitrogens with zero attached hydrogens (tertiary/aromatic N) is 2. The maximum absolute atomic E-state index is 10.9. The van der Waals surface area contributed by atoms with Crippen LogP contribution in [0.3, 0.4) is 0 Å². The fourth-order valence-electron chi connectivity index (χ4n) is 1.43. The van der Waals surface area contributed by atoms with Crippen molar-refractivity contribution >= 4 is 17.7 Å². The second-order valence-electron chi connectivity index (χ2n) is 3.89. The molecule has 0 aliphatic carbocycles. The van der Waals surface area contributed by atoms with Crippen LogP contribution in [-0.4, -0.2) is 47.0 Å². The summed E-state index contributed by atoms with van der Waals surface area (Å²) in [7, 11) is 1.31. The summed E-state index contributed by atoms with van der Waals surface area (Å²) in [5.74, 6) is -0.0329. The van der Waals surface area contributed by atoms with E-state index in [9.17, 15) is 25.0 Å². The van der Waals surface area contributed by atoms with Crippen LogP contribution in [0.1, 0.15) is 25.7 Å². The SMILES string of the molecule is COC(=O)CCCCC(C[N+](=O)[O-])SCC[N+](=O)[O-]. The Morgan fingerprint density at radius 3 is 2.47 bits per heavy atom. The summed E-state index contributed by atoms with van der Waals surface area (Å²) in [4.78, 5) is 30.7. The average molecular weight is 294 g/mol. The molecule has 0 saturated heterocycles. The Bertz CT molecular complexity index is 312. The second-order valence-corrected chi connectivity index (χ2v) is 5.29. The minimum absolute atomic E-state index is 0.193. The quantitative estimate of drug-likeness (QED) is 0.245. The Balaban J connectivity index is 3.88. The van der Waals surface area contributed by atoms with Gasteiger partial charge in [-0.05, 0) is 12.8 Å². The monoisotopic (exact) mass is 294 g/mol. The van der Waals surface area contributed by atoms with E-state index in [0.717, 1.165) is 0 Å². The fraction of sp³-hybridized carbons (Fsp3) is 0.900. The molecule has 0 aliphatic heterocycles. The van der Waals surface area contributed by atoms with E-state index in [2.05, 4.69) is 4.74 Å². The molecule has 0 rings (SSSR count). The normalized spacial score (nSPS) is 11.8. The van der Waals surface area contributed by atoms with Crippen molar-refractivity contribution in [2.45, 2.75) is 30.9 Å². The largest absolute Gasteiger partial charge is 0.469 e. The molecule has 8 nitrogen and oxygen atoms in total. The van der Waals surface area contributed by atoms with Gasteiger partial charge in [-0.25, -0.2) is 0 Å². The molecule has 0 aliphatic rings. The van der Waals surface area contributed by atoms with E-state index < -0.39 is 9.85 Å². The van der Waals surface area contributed by atoms with Crippen molar-refractivity contribution in [3.8, 4) is 0 Å². The second kappa shape index (κ2) is 10.5. The summed E-state index contributed by atoms with van der Waals surface area (Å²) >= 11 is 1.24.